The lowest BCUT2D eigenvalue weighted by Crippen LogP contribution is -2.46. The third-order valence-corrected chi connectivity index (χ3v) is 3.44. The van der Waals surface area contributed by atoms with Crippen LogP contribution in [0.4, 0.5) is 0 Å². The molecule has 2 atom stereocenters. The summed E-state index contributed by atoms with van der Waals surface area (Å²) in [6, 6.07) is 0. The van der Waals surface area contributed by atoms with E-state index in [1.807, 2.05) is 0 Å². The minimum atomic E-state index is -0.295. The third-order valence-electron chi connectivity index (χ3n) is 3.44. The fourth-order valence-corrected chi connectivity index (χ4v) is 2.53. The van der Waals surface area contributed by atoms with Gasteiger partial charge in [0.2, 0.25) is 0 Å². The maximum absolute atomic E-state index is 9.83. The van der Waals surface area contributed by atoms with Crippen LogP contribution < -0.4 is 0 Å². The van der Waals surface area contributed by atoms with Gasteiger partial charge < -0.3 is 10.2 Å². The van der Waals surface area contributed by atoms with Gasteiger partial charge in [-0.15, -0.1) is 0 Å². The molecule has 0 radical (unpaired) electrons. The van der Waals surface area contributed by atoms with Crippen molar-refractivity contribution in [1.82, 2.24) is 0 Å². The Balaban J connectivity index is 2.18. The molecule has 68 valence electrons. The second kappa shape index (κ2) is 2.86. The molecule has 1 saturated carbocycles. The topological polar surface area (TPSA) is 40.5 Å². The van der Waals surface area contributed by atoms with E-state index in [0.717, 1.165) is 32.1 Å². The molecule has 0 aromatic carbocycles. The highest BCUT2D eigenvalue weighted by Gasteiger charge is 2.46. The van der Waals surface area contributed by atoms with Gasteiger partial charge in [-0.05, 0) is 32.1 Å². The standard InChI is InChI=1S/C10H16O2/c11-8-4-3-5-9(12)10(8)6-1-2-7-10/h1-2,8-9,11-12H,3-7H2/t8-,9-/m0/s1. The fourth-order valence-electron chi connectivity index (χ4n) is 2.53. The zero-order chi connectivity index (χ0) is 8.60. The average Bonchev–Trinajstić information content (AvgIpc) is 2.50. The van der Waals surface area contributed by atoms with Gasteiger partial charge in [-0.1, -0.05) is 12.2 Å². The Kier molecular flexibility index (Phi) is 1.97. The van der Waals surface area contributed by atoms with E-state index in [0.29, 0.717) is 0 Å². The summed E-state index contributed by atoms with van der Waals surface area (Å²) >= 11 is 0. The molecule has 0 amide bonds. The van der Waals surface area contributed by atoms with Gasteiger partial charge in [0.05, 0.1) is 12.2 Å². The van der Waals surface area contributed by atoms with Crippen LogP contribution in [0.1, 0.15) is 32.1 Å². The first-order chi connectivity index (χ1) is 5.76. The molecule has 0 aromatic rings. The van der Waals surface area contributed by atoms with E-state index >= 15 is 0 Å². The van der Waals surface area contributed by atoms with E-state index in [2.05, 4.69) is 12.2 Å². The van der Waals surface area contributed by atoms with Crippen molar-refractivity contribution in [2.24, 2.45) is 5.41 Å². The van der Waals surface area contributed by atoms with Crippen molar-refractivity contribution in [3.63, 3.8) is 0 Å². The molecule has 0 aliphatic heterocycles. The van der Waals surface area contributed by atoms with Crippen molar-refractivity contribution in [3.8, 4) is 0 Å². The number of hydrogen-bond donors (Lipinski definition) is 2. The molecule has 2 aliphatic carbocycles. The van der Waals surface area contributed by atoms with Gasteiger partial charge >= 0.3 is 0 Å². The van der Waals surface area contributed by atoms with Crippen LogP contribution in [-0.2, 0) is 0 Å². The lowest BCUT2D eigenvalue weighted by Gasteiger charge is -2.42. The first kappa shape index (κ1) is 8.27. The molecule has 2 N–H and O–H groups in total. The molecule has 2 rings (SSSR count). The van der Waals surface area contributed by atoms with Crippen LogP contribution in [-0.4, -0.2) is 22.4 Å². The van der Waals surface area contributed by atoms with Crippen molar-refractivity contribution in [2.75, 3.05) is 0 Å². The van der Waals surface area contributed by atoms with Gasteiger partial charge in [0.1, 0.15) is 0 Å². The van der Waals surface area contributed by atoms with E-state index in [9.17, 15) is 10.2 Å². The lowest BCUT2D eigenvalue weighted by molar-refractivity contribution is -0.0931. The number of aliphatic hydroxyl groups excluding tert-OH is 2. The van der Waals surface area contributed by atoms with Crippen LogP contribution in [0.2, 0.25) is 0 Å². The maximum atomic E-state index is 9.83. The Morgan fingerprint density at radius 3 is 2.00 bits per heavy atom. The Hall–Kier alpha value is -0.340. The Bertz CT molecular complexity index is 178. The van der Waals surface area contributed by atoms with Gasteiger partial charge in [-0.3, -0.25) is 0 Å². The number of rotatable bonds is 0. The Morgan fingerprint density at radius 1 is 1.00 bits per heavy atom. The molecule has 2 aliphatic rings. The Morgan fingerprint density at radius 2 is 1.50 bits per heavy atom. The maximum Gasteiger partial charge on any atom is 0.0627 e. The van der Waals surface area contributed by atoms with Gasteiger partial charge in [0.15, 0.2) is 0 Å². The molecule has 0 saturated heterocycles. The first-order valence-corrected chi connectivity index (χ1v) is 4.77. The van der Waals surface area contributed by atoms with Crippen LogP contribution >= 0.6 is 0 Å². The van der Waals surface area contributed by atoms with E-state index in [4.69, 9.17) is 0 Å². The second-order valence-corrected chi connectivity index (χ2v) is 4.08. The summed E-state index contributed by atoms with van der Waals surface area (Å²) in [5.74, 6) is 0. The summed E-state index contributed by atoms with van der Waals surface area (Å²) in [5.41, 5.74) is -0.210. The minimum Gasteiger partial charge on any atom is -0.392 e. The summed E-state index contributed by atoms with van der Waals surface area (Å²) in [5, 5.41) is 19.7. The average molecular weight is 168 g/mol. The van der Waals surface area contributed by atoms with E-state index in [-0.39, 0.29) is 17.6 Å². The molecule has 12 heavy (non-hydrogen) atoms. The molecule has 0 unspecified atom stereocenters. The molecule has 1 spiro atoms. The molecular weight excluding hydrogens is 152 g/mol. The zero-order valence-electron chi connectivity index (χ0n) is 7.24. The van der Waals surface area contributed by atoms with E-state index in [1.54, 1.807) is 0 Å². The molecule has 0 heterocycles. The molecule has 2 nitrogen and oxygen atoms in total. The molecule has 2 heteroatoms. The number of hydrogen-bond acceptors (Lipinski definition) is 2. The smallest absolute Gasteiger partial charge is 0.0627 e. The van der Waals surface area contributed by atoms with Gasteiger partial charge in [0.25, 0.3) is 0 Å². The van der Waals surface area contributed by atoms with Crippen LogP contribution in [0.15, 0.2) is 12.2 Å². The van der Waals surface area contributed by atoms with Crippen molar-refractivity contribution < 1.29 is 10.2 Å². The number of aliphatic hydroxyl groups is 2. The van der Waals surface area contributed by atoms with E-state index < -0.39 is 0 Å². The van der Waals surface area contributed by atoms with Gasteiger partial charge in [-0.25, -0.2) is 0 Å². The van der Waals surface area contributed by atoms with Crippen molar-refractivity contribution in [3.05, 3.63) is 12.2 Å². The van der Waals surface area contributed by atoms with Crippen molar-refractivity contribution in [1.29, 1.82) is 0 Å². The van der Waals surface area contributed by atoms with Crippen LogP contribution in [0.3, 0.4) is 0 Å². The quantitative estimate of drug-likeness (QED) is 0.534. The predicted molar refractivity (Wildman–Crippen MR) is 46.7 cm³/mol. The largest absolute Gasteiger partial charge is 0.392 e. The molecule has 0 aromatic heterocycles. The second-order valence-electron chi connectivity index (χ2n) is 4.08. The Labute approximate surface area is 72.9 Å². The number of allylic oxidation sites excluding steroid dienone is 2. The normalized spacial score (nSPS) is 39.2. The summed E-state index contributed by atoms with van der Waals surface area (Å²) < 4.78 is 0. The highest BCUT2D eigenvalue weighted by molar-refractivity contribution is 5.10. The molecular formula is C10H16O2. The van der Waals surface area contributed by atoms with Crippen molar-refractivity contribution in [2.45, 2.75) is 44.3 Å². The molecule has 1 fully saturated rings. The minimum absolute atomic E-state index is 0.210. The van der Waals surface area contributed by atoms with Crippen LogP contribution in [0.25, 0.3) is 0 Å². The highest BCUT2D eigenvalue weighted by Crippen LogP contribution is 2.46. The summed E-state index contributed by atoms with van der Waals surface area (Å²) in [7, 11) is 0. The fraction of sp³-hybridized carbons (Fsp3) is 0.800. The molecule has 0 bridgehead atoms. The first-order valence-electron chi connectivity index (χ1n) is 4.77. The van der Waals surface area contributed by atoms with Crippen LogP contribution in [0, 0.1) is 5.41 Å². The zero-order valence-corrected chi connectivity index (χ0v) is 7.24. The van der Waals surface area contributed by atoms with Gasteiger partial charge in [0, 0.05) is 5.41 Å². The summed E-state index contributed by atoms with van der Waals surface area (Å²) in [6.07, 6.45) is 7.97. The van der Waals surface area contributed by atoms with E-state index in [1.165, 1.54) is 0 Å². The third kappa shape index (κ3) is 1.02. The lowest BCUT2D eigenvalue weighted by atomic mass is 9.68. The van der Waals surface area contributed by atoms with Crippen molar-refractivity contribution >= 4 is 0 Å². The van der Waals surface area contributed by atoms with Gasteiger partial charge in [-0.2, -0.15) is 0 Å². The summed E-state index contributed by atoms with van der Waals surface area (Å²) in [6.45, 7) is 0. The monoisotopic (exact) mass is 168 g/mol. The predicted octanol–water partition coefficient (Wildman–Crippen LogP) is 1.23. The van der Waals surface area contributed by atoms with Crippen LogP contribution in [0.5, 0.6) is 0 Å². The highest BCUT2D eigenvalue weighted by atomic mass is 16.3. The summed E-state index contributed by atoms with van der Waals surface area (Å²) in [4.78, 5) is 0. The SMILES string of the molecule is O[C@H]1CCC[C@H](O)C12CC=CC2.